The minimum atomic E-state index is -1.08. The van der Waals surface area contributed by atoms with Crippen LogP contribution in [-0.4, -0.2) is 39.7 Å². The van der Waals surface area contributed by atoms with E-state index in [-0.39, 0.29) is 5.56 Å². The van der Waals surface area contributed by atoms with Crippen molar-refractivity contribution >= 4 is 39.0 Å². The van der Waals surface area contributed by atoms with E-state index >= 15 is 0 Å². The van der Waals surface area contributed by atoms with Crippen molar-refractivity contribution in [2.75, 3.05) is 6.61 Å². The second kappa shape index (κ2) is 11.1. The van der Waals surface area contributed by atoms with E-state index in [1.165, 1.54) is 11.6 Å². The van der Waals surface area contributed by atoms with E-state index in [0.29, 0.717) is 58.8 Å². The number of benzene rings is 2. The Labute approximate surface area is 205 Å². The Morgan fingerprint density at radius 1 is 1.32 bits per heavy atom. The number of aromatic nitrogens is 2. The number of aliphatic carboxylic acids is 1. The van der Waals surface area contributed by atoms with E-state index in [2.05, 4.69) is 32.6 Å². The molecule has 178 valence electrons. The van der Waals surface area contributed by atoms with Crippen molar-refractivity contribution in [3.63, 3.8) is 0 Å². The van der Waals surface area contributed by atoms with Crippen LogP contribution in [0.25, 0.3) is 10.9 Å². The van der Waals surface area contributed by atoms with Gasteiger partial charge in [0.25, 0.3) is 5.56 Å². The summed E-state index contributed by atoms with van der Waals surface area (Å²) in [6.07, 6.45) is 3.12. The maximum atomic E-state index is 13.1. The highest BCUT2D eigenvalue weighted by Crippen LogP contribution is 2.34. The molecule has 0 fully saturated rings. The van der Waals surface area contributed by atoms with E-state index in [0.717, 1.165) is 4.47 Å². The lowest BCUT2D eigenvalue weighted by molar-refractivity contribution is -0.144. The topological polar surface area (TPSA) is 103 Å². The lowest BCUT2D eigenvalue weighted by Gasteiger charge is -2.18. The normalized spacial score (nSPS) is 12.1. The van der Waals surface area contributed by atoms with Crippen molar-refractivity contribution in [1.82, 2.24) is 9.66 Å². The Hall–Kier alpha value is -3.46. The van der Waals surface area contributed by atoms with Crippen LogP contribution in [0, 0.1) is 0 Å². The molecule has 0 bridgehead atoms. The first-order valence-corrected chi connectivity index (χ1v) is 11.6. The van der Waals surface area contributed by atoms with Crippen LogP contribution in [0.2, 0.25) is 0 Å². The number of ether oxygens (including phenoxy) is 2. The van der Waals surface area contributed by atoms with Gasteiger partial charge in [-0.2, -0.15) is 9.78 Å². The predicted molar refractivity (Wildman–Crippen MR) is 135 cm³/mol. The van der Waals surface area contributed by atoms with E-state index in [1.54, 1.807) is 36.6 Å². The Balaban J connectivity index is 2.11. The molecule has 8 nitrogen and oxygen atoms in total. The van der Waals surface area contributed by atoms with Gasteiger partial charge in [0.2, 0.25) is 0 Å². The molecule has 0 aliphatic heterocycles. The largest absolute Gasteiger partial charge is 0.490 e. The molecule has 0 amide bonds. The van der Waals surface area contributed by atoms with Crippen LogP contribution in [0.1, 0.15) is 37.7 Å². The highest BCUT2D eigenvalue weighted by Gasteiger charge is 2.19. The average Bonchev–Trinajstić information content (AvgIpc) is 2.80. The Kier molecular flexibility index (Phi) is 8.22. The van der Waals surface area contributed by atoms with Crippen LogP contribution in [0.4, 0.5) is 0 Å². The molecule has 1 heterocycles. The smallest absolute Gasteiger partial charge is 0.344 e. The Bertz CT molecular complexity index is 1320. The molecule has 0 aliphatic rings. The van der Waals surface area contributed by atoms with Crippen LogP contribution in [0.5, 0.6) is 11.5 Å². The molecule has 0 spiro atoms. The number of fused-ring (bicyclic) bond motifs is 1. The minimum absolute atomic E-state index is 0.272. The van der Waals surface area contributed by atoms with E-state index in [4.69, 9.17) is 9.47 Å². The third-order valence-electron chi connectivity index (χ3n) is 4.97. The first-order valence-electron chi connectivity index (χ1n) is 10.8. The summed E-state index contributed by atoms with van der Waals surface area (Å²) in [6.45, 7) is 9.32. The summed E-state index contributed by atoms with van der Waals surface area (Å²) in [5.41, 5.74) is 1.68. The average molecular weight is 528 g/mol. The quantitative estimate of drug-likeness (QED) is 0.305. The van der Waals surface area contributed by atoms with Crippen molar-refractivity contribution in [3.8, 4) is 11.5 Å². The van der Waals surface area contributed by atoms with Crippen LogP contribution >= 0.6 is 15.9 Å². The van der Waals surface area contributed by atoms with Crippen LogP contribution in [0.15, 0.2) is 57.4 Å². The molecule has 0 saturated carbocycles. The van der Waals surface area contributed by atoms with Crippen molar-refractivity contribution in [2.24, 2.45) is 5.10 Å². The fourth-order valence-corrected chi connectivity index (χ4v) is 3.72. The maximum Gasteiger partial charge on any atom is 0.344 e. The lowest BCUT2D eigenvalue weighted by atomic mass is 10.1. The number of nitrogens with zero attached hydrogens (tertiary/aromatic N) is 3. The predicted octanol–water partition coefficient (Wildman–Crippen LogP) is 4.58. The van der Waals surface area contributed by atoms with E-state index < -0.39 is 12.1 Å². The van der Waals surface area contributed by atoms with Gasteiger partial charge >= 0.3 is 5.97 Å². The molecule has 0 aliphatic carbocycles. The molecular weight excluding hydrogens is 502 g/mol. The third kappa shape index (κ3) is 5.53. The van der Waals surface area contributed by atoms with Gasteiger partial charge in [0.15, 0.2) is 17.6 Å². The van der Waals surface area contributed by atoms with Crippen LogP contribution in [0.3, 0.4) is 0 Å². The van der Waals surface area contributed by atoms with Gasteiger partial charge in [0.05, 0.1) is 23.7 Å². The fraction of sp³-hybridized carbons (Fsp3) is 0.280. The molecule has 0 saturated heterocycles. The van der Waals surface area contributed by atoms with Gasteiger partial charge in [0, 0.05) is 16.5 Å². The number of halogens is 1. The number of hydrogen-bond acceptors (Lipinski definition) is 6. The summed E-state index contributed by atoms with van der Waals surface area (Å²) in [5.74, 6) is 0.180. The van der Waals surface area contributed by atoms with Gasteiger partial charge in [-0.05, 0) is 56.2 Å². The molecule has 9 heteroatoms. The zero-order valence-corrected chi connectivity index (χ0v) is 20.8. The van der Waals surface area contributed by atoms with Crippen molar-refractivity contribution < 1.29 is 19.4 Å². The number of carboxylic acid groups (broad SMARTS) is 1. The summed E-state index contributed by atoms with van der Waals surface area (Å²) in [7, 11) is 0. The minimum Gasteiger partial charge on any atom is -0.490 e. The summed E-state index contributed by atoms with van der Waals surface area (Å²) in [4.78, 5) is 29.0. The summed E-state index contributed by atoms with van der Waals surface area (Å²) in [6, 6.07) is 8.86. The van der Waals surface area contributed by atoms with Gasteiger partial charge < -0.3 is 14.6 Å². The Morgan fingerprint density at radius 2 is 2.09 bits per heavy atom. The fourth-order valence-electron chi connectivity index (χ4n) is 3.36. The van der Waals surface area contributed by atoms with Gasteiger partial charge in [-0.25, -0.2) is 9.78 Å². The third-order valence-corrected chi connectivity index (χ3v) is 5.47. The highest BCUT2D eigenvalue weighted by molar-refractivity contribution is 9.10. The zero-order valence-electron chi connectivity index (χ0n) is 19.2. The lowest BCUT2D eigenvalue weighted by Crippen LogP contribution is -2.24. The molecular formula is C25H26BrN3O5. The van der Waals surface area contributed by atoms with Gasteiger partial charge in [-0.1, -0.05) is 28.9 Å². The van der Waals surface area contributed by atoms with Crippen molar-refractivity contribution in [2.45, 2.75) is 39.7 Å². The second-order valence-corrected chi connectivity index (χ2v) is 8.35. The molecule has 3 aromatic rings. The van der Waals surface area contributed by atoms with E-state index in [9.17, 15) is 14.7 Å². The summed E-state index contributed by atoms with van der Waals surface area (Å²) in [5, 5.41) is 14.2. The van der Waals surface area contributed by atoms with Crippen molar-refractivity contribution in [3.05, 3.63) is 74.8 Å². The summed E-state index contributed by atoms with van der Waals surface area (Å²) < 4.78 is 13.5. The monoisotopic (exact) mass is 527 g/mol. The Morgan fingerprint density at radius 3 is 2.74 bits per heavy atom. The molecule has 1 atom stereocenters. The van der Waals surface area contributed by atoms with E-state index in [1.807, 2.05) is 19.9 Å². The molecule has 0 unspecified atom stereocenters. The molecule has 34 heavy (non-hydrogen) atoms. The number of aryl methyl sites for hydroxylation is 1. The second-order valence-electron chi connectivity index (χ2n) is 7.44. The number of hydrogen-bond donors (Lipinski definition) is 1. The van der Waals surface area contributed by atoms with Gasteiger partial charge in [0.1, 0.15) is 5.82 Å². The van der Waals surface area contributed by atoms with Gasteiger partial charge in [-0.15, -0.1) is 6.58 Å². The maximum absolute atomic E-state index is 13.1. The zero-order chi connectivity index (χ0) is 24.8. The first kappa shape index (κ1) is 25.2. The summed E-state index contributed by atoms with van der Waals surface area (Å²) >= 11 is 3.40. The molecule has 0 radical (unpaired) electrons. The molecule has 1 aromatic heterocycles. The molecule has 2 aromatic carbocycles. The van der Waals surface area contributed by atoms with Crippen LogP contribution in [-0.2, 0) is 17.6 Å². The number of rotatable bonds is 10. The van der Waals surface area contributed by atoms with Crippen LogP contribution < -0.4 is 15.0 Å². The van der Waals surface area contributed by atoms with Gasteiger partial charge in [-0.3, -0.25) is 4.79 Å². The number of allylic oxidation sites excluding steroid dienone is 1. The van der Waals surface area contributed by atoms with Crippen molar-refractivity contribution in [1.29, 1.82) is 0 Å². The standard InChI is InChI=1S/C25H26BrN3O5/c1-5-8-17-11-16(12-21(33-7-3)23(17)34-15(4)25(31)32)14-27-29-22(6-2)28-20-10-9-18(26)13-19(20)24(29)30/h5,9-15H,1,6-8H2,2-4H3,(H,31,32)/t15-/m0/s1. The molecule has 3 rings (SSSR count). The molecule has 1 N–H and O–H groups in total. The highest BCUT2D eigenvalue weighted by atomic mass is 79.9. The number of carbonyl (C=O) groups is 1. The first-order chi connectivity index (χ1) is 16.3. The SMILES string of the molecule is C=CCc1cc(C=Nn2c(CC)nc3ccc(Br)cc3c2=O)cc(OCC)c1O[C@@H](C)C(=O)O. The number of carboxylic acids is 1.